The molecular weight excluding hydrogens is 222 g/mol. The van der Waals surface area contributed by atoms with E-state index in [2.05, 4.69) is 9.72 Å². The molecule has 1 N–H and O–H groups in total. The summed E-state index contributed by atoms with van der Waals surface area (Å²) in [5.41, 5.74) is -0.993. The van der Waals surface area contributed by atoms with Crippen LogP contribution in [0.4, 0.5) is 17.6 Å². The summed E-state index contributed by atoms with van der Waals surface area (Å²) in [7, 11) is 0. The molecule has 0 amide bonds. The number of halogens is 4. The van der Waals surface area contributed by atoms with E-state index in [0.717, 1.165) is 0 Å². The van der Waals surface area contributed by atoms with Gasteiger partial charge in [-0.15, -0.1) is 13.2 Å². The summed E-state index contributed by atoms with van der Waals surface area (Å²) in [4.78, 5) is 13.3. The van der Waals surface area contributed by atoms with Gasteiger partial charge in [0, 0.05) is 0 Å². The van der Waals surface area contributed by atoms with Crippen LogP contribution in [0.25, 0.3) is 0 Å². The molecule has 0 aromatic carbocycles. The predicted octanol–water partition coefficient (Wildman–Crippen LogP) is 1.82. The molecule has 1 aromatic rings. The second-order valence-corrected chi connectivity index (χ2v) is 2.36. The number of nitrogens with zero attached hydrogens (tertiary/aromatic N) is 1. The molecule has 0 atom stereocenters. The normalized spacial score (nSPS) is 11.2. The van der Waals surface area contributed by atoms with Crippen LogP contribution in [-0.2, 0) is 0 Å². The summed E-state index contributed by atoms with van der Waals surface area (Å²) in [5.74, 6) is -4.03. The fourth-order valence-electron chi connectivity index (χ4n) is 0.771. The predicted molar refractivity (Wildman–Crippen MR) is 37.8 cm³/mol. The first-order valence-corrected chi connectivity index (χ1v) is 3.44. The average Bonchev–Trinajstić information content (AvgIpc) is 2.05. The Hall–Kier alpha value is -1.86. The summed E-state index contributed by atoms with van der Waals surface area (Å²) >= 11 is 0. The molecule has 0 aliphatic carbocycles. The molecule has 0 fully saturated rings. The lowest BCUT2D eigenvalue weighted by Crippen LogP contribution is -2.20. The van der Waals surface area contributed by atoms with Crippen LogP contribution >= 0.6 is 0 Å². The maximum atomic E-state index is 12.5. The van der Waals surface area contributed by atoms with Crippen molar-refractivity contribution >= 4 is 5.97 Å². The summed E-state index contributed by atoms with van der Waals surface area (Å²) < 4.78 is 51.0. The van der Waals surface area contributed by atoms with E-state index in [1.54, 1.807) is 0 Å². The minimum absolute atomic E-state index is 0.385. The van der Waals surface area contributed by atoms with Gasteiger partial charge in [0.15, 0.2) is 0 Å². The number of alkyl halides is 3. The highest BCUT2D eigenvalue weighted by atomic mass is 19.4. The number of aromatic nitrogens is 1. The van der Waals surface area contributed by atoms with Crippen LogP contribution in [0.15, 0.2) is 12.3 Å². The van der Waals surface area contributed by atoms with E-state index in [-0.39, 0.29) is 0 Å². The smallest absolute Gasteiger partial charge is 0.477 e. The quantitative estimate of drug-likeness (QED) is 0.780. The third-order valence-corrected chi connectivity index (χ3v) is 1.26. The first kappa shape index (κ1) is 11.2. The Kier molecular flexibility index (Phi) is 2.78. The van der Waals surface area contributed by atoms with E-state index in [1.807, 2.05) is 0 Å². The zero-order valence-corrected chi connectivity index (χ0v) is 6.88. The summed E-state index contributed by atoms with van der Waals surface area (Å²) in [6, 6.07) is 0.385. The topological polar surface area (TPSA) is 59.4 Å². The molecule has 82 valence electrons. The van der Waals surface area contributed by atoms with Crippen LogP contribution in [0.3, 0.4) is 0 Å². The molecule has 0 aliphatic rings. The minimum atomic E-state index is -5.07. The number of ether oxygens (including phenoxy) is 1. The number of pyridine rings is 1. The number of carboxylic acids is 1. The molecule has 8 heteroatoms. The van der Waals surface area contributed by atoms with Crippen LogP contribution in [-0.4, -0.2) is 22.4 Å². The number of carboxylic acid groups (broad SMARTS) is 1. The van der Waals surface area contributed by atoms with Crippen LogP contribution in [0.1, 0.15) is 10.4 Å². The van der Waals surface area contributed by atoms with Crippen LogP contribution < -0.4 is 4.74 Å². The van der Waals surface area contributed by atoms with Crippen LogP contribution in [0.2, 0.25) is 0 Å². The van der Waals surface area contributed by atoms with Crippen molar-refractivity contribution in [1.82, 2.24) is 4.98 Å². The first-order chi connectivity index (χ1) is 6.79. The maximum absolute atomic E-state index is 12.5. The van der Waals surface area contributed by atoms with Crippen molar-refractivity contribution in [2.45, 2.75) is 6.36 Å². The highest BCUT2D eigenvalue weighted by Gasteiger charge is 2.34. The van der Waals surface area contributed by atoms with Gasteiger partial charge in [-0.3, -0.25) is 0 Å². The first-order valence-electron chi connectivity index (χ1n) is 3.44. The van der Waals surface area contributed by atoms with E-state index < -0.39 is 29.6 Å². The second-order valence-electron chi connectivity index (χ2n) is 2.36. The molecule has 0 saturated carbocycles. The lowest BCUT2D eigenvalue weighted by atomic mass is 10.3. The minimum Gasteiger partial charge on any atom is -0.477 e. The lowest BCUT2D eigenvalue weighted by Gasteiger charge is -2.09. The summed E-state index contributed by atoms with van der Waals surface area (Å²) in [6.45, 7) is 0. The third kappa shape index (κ3) is 3.08. The molecule has 1 aromatic heterocycles. The number of rotatable bonds is 2. The Bertz CT molecular complexity index is 390. The van der Waals surface area contributed by atoms with Crippen molar-refractivity contribution in [2.75, 3.05) is 0 Å². The zero-order valence-electron chi connectivity index (χ0n) is 6.88. The highest BCUT2D eigenvalue weighted by molar-refractivity contribution is 5.90. The van der Waals surface area contributed by atoms with Crippen LogP contribution in [0, 0.1) is 5.82 Å². The van der Waals surface area contributed by atoms with Gasteiger partial charge in [0.05, 0.1) is 6.20 Å². The van der Waals surface area contributed by atoms with Crippen molar-refractivity contribution in [3.05, 3.63) is 23.6 Å². The van der Waals surface area contributed by atoms with Gasteiger partial charge in [0.1, 0.15) is 11.4 Å². The van der Waals surface area contributed by atoms with Gasteiger partial charge in [-0.25, -0.2) is 14.2 Å². The summed E-state index contributed by atoms with van der Waals surface area (Å²) in [6.07, 6.45) is -4.65. The molecule has 0 bridgehead atoms. The Morgan fingerprint density at radius 3 is 2.53 bits per heavy atom. The fourth-order valence-corrected chi connectivity index (χ4v) is 0.771. The monoisotopic (exact) mass is 225 g/mol. The van der Waals surface area contributed by atoms with Crippen molar-refractivity contribution in [3.63, 3.8) is 0 Å². The van der Waals surface area contributed by atoms with Gasteiger partial charge in [-0.2, -0.15) is 0 Å². The van der Waals surface area contributed by atoms with Crippen molar-refractivity contribution in [1.29, 1.82) is 0 Å². The average molecular weight is 225 g/mol. The molecule has 0 unspecified atom stereocenters. The Morgan fingerprint density at radius 2 is 2.07 bits per heavy atom. The number of hydrogen-bond donors (Lipinski definition) is 1. The van der Waals surface area contributed by atoms with E-state index in [0.29, 0.717) is 12.3 Å². The van der Waals surface area contributed by atoms with Gasteiger partial charge in [-0.1, -0.05) is 0 Å². The second kappa shape index (κ2) is 3.71. The van der Waals surface area contributed by atoms with E-state index >= 15 is 0 Å². The largest absolute Gasteiger partial charge is 0.574 e. The molecule has 1 heterocycles. The number of carbonyl (C=O) groups is 1. The van der Waals surface area contributed by atoms with Crippen LogP contribution in [0.5, 0.6) is 5.88 Å². The van der Waals surface area contributed by atoms with Gasteiger partial charge in [-0.05, 0) is 6.07 Å². The molecular formula is C7H3F4NO3. The third-order valence-electron chi connectivity index (χ3n) is 1.26. The van der Waals surface area contributed by atoms with E-state index in [1.165, 1.54) is 0 Å². The van der Waals surface area contributed by atoms with Crippen molar-refractivity contribution < 1.29 is 32.2 Å². The SMILES string of the molecule is O=C(O)c1cc(F)cnc1OC(F)(F)F. The van der Waals surface area contributed by atoms with E-state index in [4.69, 9.17) is 5.11 Å². The fraction of sp³-hybridized carbons (Fsp3) is 0.143. The van der Waals surface area contributed by atoms with Gasteiger partial charge in [0.25, 0.3) is 0 Å². The Labute approximate surface area is 80.1 Å². The van der Waals surface area contributed by atoms with Gasteiger partial charge < -0.3 is 9.84 Å². The standard InChI is InChI=1S/C7H3F4NO3/c8-3-1-4(6(13)14)5(12-2-3)15-7(9,10)11/h1-2H,(H,13,14). The van der Waals surface area contributed by atoms with Crippen molar-refractivity contribution in [3.8, 4) is 5.88 Å². The maximum Gasteiger partial charge on any atom is 0.574 e. The molecule has 0 spiro atoms. The van der Waals surface area contributed by atoms with Gasteiger partial charge >= 0.3 is 12.3 Å². The van der Waals surface area contributed by atoms with Crippen molar-refractivity contribution in [2.24, 2.45) is 0 Å². The molecule has 0 aliphatic heterocycles. The Morgan fingerprint density at radius 1 is 1.47 bits per heavy atom. The molecule has 0 radical (unpaired) electrons. The Balaban J connectivity index is 3.12. The number of aromatic carboxylic acids is 1. The molecule has 4 nitrogen and oxygen atoms in total. The highest BCUT2D eigenvalue weighted by Crippen LogP contribution is 2.24. The van der Waals surface area contributed by atoms with Gasteiger partial charge in [0.2, 0.25) is 5.88 Å². The molecule has 1 rings (SSSR count). The lowest BCUT2D eigenvalue weighted by molar-refractivity contribution is -0.276. The molecule has 15 heavy (non-hydrogen) atoms. The summed E-state index contributed by atoms with van der Waals surface area (Å²) in [5, 5.41) is 8.43. The zero-order chi connectivity index (χ0) is 11.6. The molecule has 0 saturated heterocycles. The van der Waals surface area contributed by atoms with E-state index in [9.17, 15) is 22.4 Å². The number of hydrogen-bond acceptors (Lipinski definition) is 3.